The smallest absolute Gasteiger partial charge is 0.258 e. The van der Waals surface area contributed by atoms with E-state index < -0.39 is 0 Å². The van der Waals surface area contributed by atoms with Crippen molar-refractivity contribution in [1.82, 2.24) is 16.0 Å². The van der Waals surface area contributed by atoms with Gasteiger partial charge in [0.2, 0.25) is 0 Å². The Balaban J connectivity index is 1.97. The molecule has 1 saturated heterocycles. The third kappa shape index (κ3) is 5.94. The van der Waals surface area contributed by atoms with Crippen molar-refractivity contribution in [3.63, 3.8) is 0 Å². The standard InChI is InChI=1S/C18H27N3O4/c1-12(2)20-17(22)11-25-15-7-6-13(9-16(15)24-3)18(23)21-14-5-4-8-19-10-14/h6-7,9,12,14,19H,4-5,8,10-11H2,1-3H3,(H,20,22)(H,21,23). The summed E-state index contributed by atoms with van der Waals surface area (Å²) in [4.78, 5) is 24.1. The molecule has 1 fully saturated rings. The lowest BCUT2D eigenvalue weighted by atomic mass is 10.1. The molecular weight excluding hydrogens is 322 g/mol. The van der Waals surface area contributed by atoms with E-state index in [1.165, 1.54) is 7.11 Å². The van der Waals surface area contributed by atoms with Gasteiger partial charge >= 0.3 is 0 Å². The Morgan fingerprint density at radius 3 is 2.76 bits per heavy atom. The maximum Gasteiger partial charge on any atom is 0.258 e. The van der Waals surface area contributed by atoms with E-state index in [1.54, 1.807) is 18.2 Å². The number of carbonyl (C=O) groups excluding carboxylic acids is 2. The van der Waals surface area contributed by atoms with Crippen molar-refractivity contribution >= 4 is 11.8 Å². The summed E-state index contributed by atoms with van der Waals surface area (Å²) >= 11 is 0. The third-order valence-electron chi connectivity index (χ3n) is 3.87. The number of piperidine rings is 1. The molecule has 0 spiro atoms. The molecule has 1 aliphatic heterocycles. The first-order valence-corrected chi connectivity index (χ1v) is 8.61. The second-order valence-electron chi connectivity index (χ2n) is 6.39. The molecule has 7 heteroatoms. The van der Waals surface area contributed by atoms with E-state index in [4.69, 9.17) is 9.47 Å². The number of amides is 2. The summed E-state index contributed by atoms with van der Waals surface area (Å²) in [5, 5.41) is 9.03. The van der Waals surface area contributed by atoms with E-state index in [0.717, 1.165) is 25.9 Å². The average molecular weight is 349 g/mol. The van der Waals surface area contributed by atoms with Crippen LogP contribution in [0.1, 0.15) is 37.0 Å². The summed E-state index contributed by atoms with van der Waals surface area (Å²) < 4.78 is 10.8. The SMILES string of the molecule is COc1cc(C(=O)NC2CCCNC2)ccc1OCC(=O)NC(C)C. The average Bonchev–Trinajstić information content (AvgIpc) is 2.60. The molecule has 0 aromatic heterocycles. The molecule has 7 nitrogen and oxygen atoms in total. The first kappa shape index (κ1) is 19.1. The van der Waals surface area contributed by atoms with E-state index >= 15 is 0 Å². The fourth-order valence-electron chi connectivity index (χ4n) is 2.68. The molecule has 1 unspecified atom stereocenters. The van der Waals surface area contributed by atoms with Crippen LogP contribution in [-0.2, 0) is 4.79 Å². The molecule has 1 atom stereocenters. The van der Waals surface area contributed by atoms with Gasteiger partial charge in [-0.2, -0.15) is 0 Å². The Labute approximate surface area is 148 Å². The summed E-state index contributed by atoms with van der Waals surface area (Å²) in [6.07, 6.45) is 2.03. The molecule has 1 aliphatic rings. The molecule has 0 saturated carbocycles. The lowest BCUT2D eigenvalue weighted by Crippen LogP contribution is -2.45. The largest absolute Gasteiger partial charge is 0.493 e. The fraction of sp³-hybridized carbons (Fsp3) is 0.556. The van der Waals surface area contributed by atoms with Crippen LogP contribution in [0.25, 0.3) is 0 Å². The van der Waals surface area contributed by atoms with Gasteiger partial charge in [-0.15, -0.1) is 0 Å². The maximum absolute atomic E-state index is 12.4. The minimum atomic E-state index is -0.205. The number of benzene rings is 1. The molecule has 0 aliphatic carbocycles. The predicted molar refractivity (Wildman–Crippen MR) is 95.1 cm³/mol. The van der Waals surface area contributed by atoms with Gasteiger partial charge in [0, 0.05) is 24.2 Å². The van der Waals surface area contributed by atoms with Crippen LogP contribution < -0.4 is 25.4 Å². The van der Waals surface area contributed by atoms with Crippen molar-refractivity contribution in [3.05, 3.63) is 23.8 Å². The Kier molecular flexibility index (Phi) is 7.06. The molecule has 0 radical (unpaired) electrons. The third-order valence-corrected chi connectivity index (χ3v) is 3.87. The molecule has 1 heterocycles. The summed E-state index contributed by atoms with van der Waals surface area (Å²) in [5.41, 5.74) is 0.501. The van der Waals surface area contributed by atoms with Crippen LogP contribution in [0.15, 0.2) is 18.2 Å². The van der Waals surface area contributed by atoms with E-state index in [-0.39, 0.29) is 30.5 Å². The summed E-state index contributed by atoms with van der Waals surface area (Å²) in [5.74, 6) is 0.504. The Morgan fingerprint density at radius 2 is 2.12 bits per heavy atom. The van der Waals surface area contributed by atoms with Gasteiger partial charge in [-0.05, 0) is 51.4 Å². The zero-order chi connectivity index (χ0) is 18.2. The fourth-order valence-corrected chi connectivity index (χ4v) is 2.68. The monoisotopic (exact) mass is 349 g/mol. The zero-order valence-corrected chi connectivity index (χ0v) is 15.1. The summed E-state index contributed by atoms with van der Waals surface area (Å²) in [6, 6.07) is 5.14. The van der Waals surface area contributed by atoms with E-state index in [2.05, 4.69) is 16.0 Å². The summed E-state index contributed by atoms with van der Waals surface area (Å²) in [7, 11) is 1.50. The van der Waals surface area contributed by atoms with Crippen molar-refractivity contribution in [2.75, 3.05) is 26.8 Å². The van der Waals surface area contributed by atoms with Gasteiger partial charge in [-0.1, -0.05) is 0 Å². The van der Waals surface area contributed by atoms with Gasteiger partial charge in [-0.3, -0.25) is 9.59 Å². The first-order valence-electron chi connectivity index (χ1n) is 8.61. The molecule has 138 valence electrons. The lowest BCUT2D eigenvalue weighted by Gasteiger charge is -2.24. The van der Waals surface area contributed by atoms with Crippen molar-refractivity contribution in [3.8, 4) is 11.5 Å². The second-order valence-corrected chi connectivity index (χ2v) is 6.39. The predicted octanol–water partition coefficient (Wildman–Crippen LogP) is 1.08. The van der Waals surface area contributed by atoms with Crippen LogP contribution in [0.5, 0.6) is 11.5 Å². The van der Waals surface area contributed by atoms with Crippen LogP contribution in [0.4, 0.5) is 0 Å². The van der Waals surface area contributed by atoms with E-state index in [0.29, 0.717) is 17.1 Å². The number of rotatable bonds is 7. The minimum Gasteiger partial charge on any atom is -0.493 e. The van der Waals surface area contributed by atoms with E-state index in [1.807, 2.05) is 13.8 Å². The second kappa shape index (κ2) is 9.27. The summed E-state index contributed by atoms with van der Waals surface area (Å²) in [6.45, 7) is 5.45. The van der Waals surface area contributed by atoms with Crippen molar-refractivity contribution in [1.29, 1.82) is 0 Å². The minimum absolute atomic E-state index is 0.0540. The molecule has 25 heavy (non-hydrogen) atoms. The Bertz CT molecular complexity index is 598. The molecule has 2 amide bonds. The van der Waals surface area contributed by atoms with Crippen molar-refractivity contribution in [2.24, 2.45) is 0 Å². The lowest BCUT2D eigenvalue weighted by molar-refractivity contribution is -0.123. The number of methoxy groups -OCH3 is 1. The first-order chi connectivity index (χ1) is 12.0. The molecule has 1 aromatic rings. The maximum atomic E-state index is 12.4. The van der Waals surface area contributed by atoms with Crippen molar-refractivity contribution < 1.29 is 19.1 Å². The van der Waals surface area contributed by atoms with Crippen molar-refractivity contribution in [2.45, 2.75) is 38.8 Å². The Morgan fingerprint density at radius 1 is 1.32 bits per heavy atom. The number of hydrogen-bond acceptors (Lipinski definition) is 5. The van der Waals surface area contributed by atoms with Crippen LogP contribution >= 0.6 is 0 Å². The number of nitrogens with one attached hydrogen (secondary N) is 3. The molecule has 0 bridgehead atoms. The highest BCUT2D eigenvalue weighted by atomic mass is 16.5. The Hall–Kier alpha value is -2.28. The van der Waals surface area contributed by atoms with Crippen LogP contribution in [0, 0.1) is 0 Å². The molecular formula is C18H27N3O4. The molecule has 2 rings (SSSR count). The highest BCUT2D eigenvalue weighted by Gasteiger charge is 2.18. The quantitative estimate of drug-likeness (QED) is 0.685. The van der Waals surface area contributed by atoms with E-state index in [9.17, 15) is 9.59 Å². The molecule has 3 N–H and O–H groups in total. The zero-order valence-electron chi connectivity index (χ0n) is 15.1. The van der Waals surface area contributed by atoms with Gasteiger partial charge in [0.15, 0.2) is 18.1 Å². The van der Waals surface area contributed by atoms with Gasteiger partial charge in [0.25, 0.3) is 11.8 Å². The number of hydrogen-bond donors (Lipinski definition) is 3. The van der Waals surface area contributed by atoms with Crippen LogP contribution in [0.2, 0.25) is 0 Å². The van der Waals surface area contributed by atoms with Gasteiger partial charge in [-0.25, -0.2) is 0 Å². The topological polar surface area (TPSA) is 88.7 Å². The normalized spacial score (nSPS) is 17.0. The number of ether oxygens (including phenoxy) is 2. The van der Waals surface area contributed by atoms with Crippen LogP contribution in [0.3, 0.4) is 0 Å². The van der Waals surface area contributed by atoms with Crippen LogP contribution in [-0.4, -0.2) is 50.7 Å². The van der Waals surface area contributed by atoms with Gasteiger partial charge in [0.05, 0.1) is 7.11 Å². The van der Waals surface area contributed by atoms with Gasteiger partial charge < -0.3 is 25.4 Å². The van der Waals surface area contributed by atoms with Gasteiger partial charge in [0.1, 0.15) is 0 Å². The number of carbonyl (C=O) groups is 2. The highest BCUT2D eigenvalue weighted by molar-refractivity contribution is 5.95. The molecule has 1 aromatic carbocycles. The highest BCUT2D eigenvalue weighted by Crippen LogP contribution is 2.28.